The van der Waals surface area contributed by atoms with Crippen molar-refractivity contribution in [2.75, 3.05) is 0 Å². The van der Waals surface area contributed by atoms with E-state index < -0.39 is 5.97 Å². The lowest BCUT2D eigenvalue weighted by Gasteiger charge is -2.04. The fourth-order valence-corrected chi connectivity index (χ4v) is 2.35. The molecule has 3 aromatic rings. The van der Waals surface area contributed by atoms with Crippen LogP contribution in [0, 0.1) is 11.3 Å². The van der Waals surface area contributed by atoms with Gasteiger partial charge in [-0.3, -0.25) is 0 Å². The highest BCUT2D eigenvalue weighted by atomic mass is 35.5. The van der Waals surface area contributed by atoms with Gasteiger partial charge in [-0.25, -0.2) is 4.79 Å². The molecule has 0 aliphatic rings. The second-order valence-electron chi connectivity index (χ2n) is 4.72. The van der Waals surface area contributed by atoms with Crippen molar-refractivity contribution < 1.29 is 9.53 Å². The van der Waals surface area contributed by atoms with Crippen LogP contribution in [0.3, 0.4) is 0 Å². The molecule has 22 heavy (non-hydrogen) atoms. The molecule has 0 N–H and O–H groups in total. The van der Waals surface area contributed by atoms with Gasteiger partial charge in [0.05, 0.1) is 16.6 Å². The second kappa shape index (κ2) is 5.92. The summed E-state index contributed by atoms with van der Waals surface area (Å²) < 4.78 is 7.12. The van der Waals surface area contributed by atoms with Crippen molar-refractivity contribution >= 4 is 23.1 Å². The molecule has 2 aromatic heterocycles. The van der Waals surface area contributed by atoms with Crippen LogP contribution in [0.2, 0.25) is 5.02 Å². The summed E-state index contributed by atoms with van der Waals surface area (Å²) in [6.45, 7) is 0.0477. The lowest BCUT2D eigenvalue weighted by molar-refractivity contribution is 0.0472. The standard InChI is InChI=1S/C17H11ClN2O2/c18-14-6-4-12(5-7-14)17(21)22-11-13-10-20-8-2-1-3-16(20)15(13)9-19/h1-8,10H,11H2. The molecule has 0 aliphatic carbocycles. The average molecular weight is 311 g/mol. The maximum Gasteiger partial charge on any atom is 0.338 e. The molecular weight excluding hydrogens is 300 g/mol. The molecule has 2 heterocycles. The fourth-order valence-electron chi connectivity index (χ4n) is 2.23. The van der Waals surface area contributed by atoms with Crippen molar-refractivity contribution in [1.82, 2.24) is 4.40 Å². The molecule has 0 aliphatic heterocycles. The first-order valence-corrected chi connectivity index (χ1v) is 6.98. The van der Waals surface area contributed by atoms with Gasteiger partial charge in [0.1, 0.15) is 12.7 Å². The minimum absolute atomic E-state index is 0.0477. The summed E-state index contributed by atoms with van der Waals surface area (Å²) in [5.41, 5.74) is 2.41. The van der Waals surface area contributed by atoms with E-state index in [1.165, 1.54) is 0 Å². The number of fused-ring (bicyclic) bond motifs is 1. The molecule has 4 nitrogen and oxygen atoms in total. The van der Waals surface area contributed by atoms with Crippen LogP contribution in [0.5, 0.6) is 0 Å². The van der Waals surface area contributed by atoms with Crippen molar-refractivity contribution in [1.29, 1.82) is 5.26 Å². The molecule has 0 saturated carbocycles. The Morgan fingerprint density at radius 1 is 1.23 bits per heavy atom. The van der Waals surface area contributed by atoms with Crippen LogP contribution in [0.1, 0.15) is 21.5 Å². The van der Waals surface area contributed by atoms with Gasteiger partial charge < -0.3 is 9.14 Å². The summed E-state index contributed by atoms with van der Waals surface area (Å²) in [6, 6.07) is 14.2. The summed E-state index contributed by atoms with van der Waals surface area (Å²) in [7, 11) is 0. The number of esters is 1. The van der Waals surface area contributed by atoms with Gasteiger partial charge in [-0.15, -0.1) is 0 Å². The van der Waals surface area contributed by atoms with Crippen molar-refractivity contribution in [3.8, 4) is 6.07 Å². The predicted molar refractivity (Wildman–Crippen MR) is 82.7 cm³/mol. The Balaban J connectivity index is 1.81. The molecule has 0 fully saturated rings. The van der Waals surface area contributed by atoms with Crippen molar-refractivity contribution in [2.45, 2.75) is 6.61 Å². The van der Waals surface area contributed by atoms with Gasteiger partial charge in [-0.05, 0) is 36.4 Å². The number of ether oxygens (including phenoxy) is 1. The SMILES string of the molecule is N#Cc1c(COC(=O)c2ccc(Cl)cc2)cn2ccccc12. The quantitative estimate of drug-likeness (QED) is 0.691. The molecule has 0 spiro atoms. The molecular formula is C17H11ClN2O2. The number of carbonyl (C=O) groups is 1. The van der Waals surface area contributed by atoms with Gasteiger partial charge in [0, 0.05) is 23.0 Å². The monoisotopic (exact) mass is 310 g/mol. The van der Waals surface area contributed by atoms with E-state index in [1.54, 1.807) is 30.5 Å². The first kappa shape index (κ1) is 14.2. The minimum Gasteiger partial charge on any atom is -0.457 e. The first-order valence-electron chi connectivity index (χ1n) is 6.60. The number of hydrogen-bond acceptors (Lipinski definition) is 3. The number of nitriles is 1. The summed E-state index contributed by atoms with van der Waals surface area (Å²) in [5, 5.41) is 9.86. The molecule has 0 radical (unpaired) electrons. The Kier molecular flexibility index (Phi) is 3.82. The Labute approximate surface area is 132 Å². The normalized spacial score (nSPS) is 10.4. The topological polar surface area (TPSA) is 54.5 Å². The summed E-state index contributed by atoms with van der Waals surface area (Å²) >= 11 is 5.78. The second-order valence-corrected chi connectivity index (χ2v) is 5.15. The van der Waals surface area contributed by atoms with Crippen LogP contribution in [0.15, 0.2) is 54.9 Å². The van der Waals surface area contributed by atoms with E-state index in [0.29, 0.717) is 21.7 Å². The van der Waals surface area contributed by atoms with E-state index >= 15 is 0 Å². The zero-order chi connectivity index (χ0) is 15.5. The Morgan fingerprint density at radius 3 is 2.73 bits per heavy atom. The lowest BCUT2D eigenvalue weighted by Crippen LogP contribution is -2.05. The molecule has 0 bridgehead atoms. The number of aromatic nitrogens is 1. The highest BCUT2D eigenvalue weighted by Gasteiger charge is 2.13. The van der Waals surface area contributed by atoms with Crippen LogP contribution in [-0.2, 0) is 11.3 Å². The number of halogens is 1. The Bertz CT molecular complexity index is 876. The summed E-state index contributed by atoms with van der Waals surface area (Å²) in [6.07, 6.45) is 3.64. The van der Waals surface area contributed by atoms with Gasteiger partial charge in [0.25, 0.3) is 0 Å². The van der Waals surface area contributed by atoms with Gasteiger partial charge in [0.15, 0.2) is 0 Å². The molecule has 0 unspecified atom stereocenters. The number of benzene rings is 1. The average Bonchev–Trinajstić information content (AvgIpc) is 2.90. The minimum atomic E-state index is -0.448. The third-order valence-electron chi connectivity index (χ3n) is 3.31. The molecule has 1 aromatic carbocycles. The lowest BCUT2D eigenvalue weighted by atomic mass is 10.2. The maximum atomic E-state index is 12.0. The highest BCUT2D eigenvalue weighted by Crippen LogP contribution is 2.19. The van der Waals surface area contributed by atoms with Gasteiger partial charge in [-0.2, -0.15) is 5.26 Å². The van der Waals surface area contributed by atoms with Crippen molar-refractivity contribution in [2.24, 2.45) is 0 Å². The molecule has 0 saturated heterocycles. The largest absolute Gasteiger partial charge is 0.457 e. The van der Waals surface area contributed by atoms with Crippen LogP contribution < -0.4 is 0 Å². The fraction of sp³-hybridized carbons (Fsp3) is 0.0588. The van der Waals surface area contributed by atoms with Crippen LogP contribution >= 0.6 is 11.6 Å². The van der Waals surface area contributed by atoms with E-state index in [4.69, 9.17) is 16.3 Å². The summed E-state index contributed by atoms with van der Waals surface area (Å²) in [4.78, 5) is 12.0. The molecule has 108 valence electrons. The van der Waals surface area contributed by atoms with Crippen molar-refractivity contribution in [3.63, 3.8) is 0 Å². The van der Waals surface area contributed by atoms with Gasteiger partial charge in [-0.1, -0.05) is 17.7 Å². The van der Waals surface area contributed by atoms with Crippen molar-refractivity contribution in [3.05, 3.63) is 76.6 Å². The van der Waals surface area contributed by atoms with Crippen LogP contribution in [0.4, 0.5) is 0 Å². The van der Waals surface area contributed by atoms with Crippen LogP contribution in [0.25, 0.3) is 5.52 Å². The predicted octanol–water partition coefficient (Wildman–Crippen LogP) is 3.82. The molecule has 0 amide bonds. The summed E-state index contributed by atoms with van der Waals surface area (Å²) in [5.74, 6) is -0.448. The number of hydrogen-bond donors (Lipinski definition) is 0. The maximum absolute atomic E-state index is 12.0. The molecule has 5 heteroatoms. The van der Waals surface area contributed by atoms with E-state index in [1.807, 2.05) is 28.8 Å². The number of carbonyl (C=O) groups excluding carboxylic acids is 1. The number of nitrogens with zero attached hydrogens (tertiary/aromatic N) is 2. The van der Waals surface area contributed by atoms with Gasteiger partial charge >= 0.3 is 5.97 Å². The molecule has 0 atom stereocenters. The number of rotatable bonds is 3. The van der Waals surface area contributed by atoms with E-state index in [9.17, 15) is 10.1 Å². The smallest absolute Gasteiger partial charge is 0.338 e. The third kappa shape index (κ3) is 2.67. The Hall–Kier alpha value is -2.77. The van der Waals surface area contributed by atoms with E-state index in [2.05, 4.69) is 6.07 Å². The van der Waals surface area contributed by atoms with Crippen LogP contribution in [-0.4, -0.2) is 10.4 Å². The zero-order valence-electron chi connectivity index (χ0n) is 11.5. The van der Waals surface area contributed by atoms with E-state index in [0.717, 1.165) is 5.52 Å². The first-order chi connectivity index (χ1) is 10.7. The number of pyridine rings is 1. The highest BCUT2D eigenvalue weighted by molar-refractivity contribution is 6.30. The van der Waals surface area contributed by atoms with Gasteiger partial charge in [0.2, 0.25) is 0 Å². The Morgan fingerprint density at radius 2 is 2.00 bits per heavy atom. The third-order valence-corrected chi connectivity index (χ3v) is 3.56. The molecule has 3 rings (SSSR count). The zero-order valence-corrected chi connectivity index (χ0v) is 12.2. The van der Waals surface area contributed by atoms with E-state index in [-0.39, 0.29) is 6.61 Å².